The van der Waals surface area contributed by atoms with Gasteiger partial charge in [0.25, 0.3) is 0 Å². The van der Waals surface area contributed by atoms with Crippen LogP contribution in [0.3, 0.4) is 0 Å². The van der Waals surface area contributed by atoms with Crippen molar-refractivity contribution in [2.24, 2.45) is 5.92 Å². The average Bonchev–Trinajstić information content (AvgIpc) is 2.62. The molecule has 1 aliphatic heterocycles. The van der Waals surface area contributed by atoms with Gasteiger partial charge in [-0.15, -0.1) is 0 Å². The van der Waals surface area contributed by atoms with E-state index in [1.54, 1.807) is 0 Å². The summed E-state index contributed by atoms with van der Waals surface area (Å²) in [4.78, 5) is 12.1. The largest absolute Gasteiger partial charge is 0.378 e. The maximum atomic E-state index is 13.8. The molecule has 1 aromatic rings. The number of carbonyl (C=O) groups excluding carboxylic acids is 1. The number of ether oxygens (including phenoxy) is 1. The lowest BCUT2D eigenvalue weighted by molar-refractivity contribution is -0.0331. The van der Waals surface area contributed by atoms with Crippen LogP contribution in [0.2, 0.25) is 0 Å². The Labute approximate surface area is 148 Å². The molecule has 1 fully saturated rings. The van der Waals surface area contributed by atoms with Gasteiger partial charge in [0.05, 0.1) is 17.7 Å². The van der Waals surface area contributed by atoms with Gasteiger partial charge in [-0.3, -0.25) is 0 Å². The monoisotopic (exact) mass is 347 g/mol. The number of hydrogen-bond donors (Lipinski definition) is 2. The summed E-state index contributed by atoms with van der Waals surface area (Å²) in [7, 11) is 0. The van der Waals surface area contributed by atoms with E-state index in [1.165, 1.54) is 18.2 Å². The van der Waals surface area contributed by atoms with Crippen LogP contribution in [0.15, 0.2) is 18.2 Å². The van der Waals surface area contributed by atoms with Crippen LogP contribution in [-0.4, -0.2) is 24.8 Å². The molecule has 6 heteroatoms. The van der Waals surface area contributed by atoms with Crippen molar-refractivity contribution in [2.45, 2.75) is 58.2 Å². The van der Waals surface area contributed by atoms with Crippen molar-refractivity contribution < 1.29 is 13.9 Å². The van der Waals surface area contributed by atoms with Gasteiger partial charge in [0, 0.05) is 24.8 Å². The summed E-state index contributed by atoms with van der Waals surface area (Å²) in [6.45, 7) is 5.06. The highest BCUT2D eigenvalue weighted by atomic mass is 19.1. The summed E-state index contributed by atoms with van der Waals surface area (Å²) in [5.41, 5.74) is 0.622. The minimum absolute atomic E-state index is 0.0742. The molecule has 1 aliphatic rings. The second-order valence-corrected chi connectivity index (χ2v) is 6.45. The van der Waals surface area contributed by atoms with Gasteiger partial charge in [-0.1, -0.05) is 32.8 Å². The fourth-order valence-corrected chi connectivity index (χ4v) is 3.27. The van der Waals surface area contributed by atoms with Crippen LogP contribution in [0.4, 0.5) is 9.18 Å². The third kappa shape index (κ3) is 5.43. The number of rotatable bonds is 6. The first-order valence-corrected chi connectivity index (χ1v) is 8.91. The molecular formula is C19H26FN3O2. The molecule has 0 spiro atoms. The van der Waals surface area contributed by atoms with Gasteiger partial charge in [-0.05, 0) is 30.9 Å². The zero-order valence-corrected chi connectivity index (χ0v) is 14.8. The van der Waals surface area contributed by atoms with Gasteiger partial charge in [0.1, 0.15) is 5.82 Å². The number of nitrogens with one attached hydrogen (secondary N) is 2. The molecule has 2 atom stereocenters. The average molecular weight is 347 g/mol. The topological polar surface area (TPSA) is 74.2 Å². The molecule has 0 radical (unpaired) electrons. The molecule has 2 amide bonds. The SMILES string of the molecule is CCC(CC)[C@H]1C[C@H](NC(=O)NCc2ccc(C#N)cc2F)CCO1. The molecule has 1 heterocycles. The van der Waals surface area contributed by atoms with E-state index in [9.17, 15) is 9.18 Å². The van der Waals surface area contributed by atoms with E-state index in [0.29, 0.717) is 18.1 Å². The molecule has 0 aromatic heterocycles. The molecule has 1 aromatic carbocycles. The van der Waals surface area contributed by atoms with E-state index in [-0.39, 0.29) is 30.3 Å². The summed E-state index contributed by atoms with van der Waals surface area (Å²) in [5.74, 6) is 0.0274. The summed E-state index contributed by atoms with van der Waals surface area (Å²) in [5, 5.41) is 14.4. The second kappa shape index (κ2) is 9.38. The Balaban J connectivity index is 1.83. The third-order valence-corrected chi connectivity index (χ3v) is 4.85. The maximum absolute atomic E-state index is 13.8. The summed E-state index contributed by atoms with van der Waals surface area (Å²) in [6.07, 6.45) is 3.92. The van der Waals surface area contributed by atoms with Crippen molar-refractivity contribution >= 4 is 6.03 Å². The van der Waals surface area contributed by atoms with Crippen molar-refractivity contribution in [3.8, 4) is 6.07 Å². The maximum Gasteiger partial charge on any atom is 0.315 e. The zero-order valence-electron chi connectivity index (χ0n) is 14.8. The van der Waals surface area contributed by atoms with Crippen LogP contribution in [-0.2, 0) is 11.3 Å². The fourth-order valence-electron chi connectivity index (χ4n) is 3.27. The lowest BCUT2D eigenvalue weighted by atomic mass is 9.89. The highest BCUT2D eigenvalue weighted by molar-refractivity contribution is 5.74. The predicted octanol–water partition coefficient (Wildman–Crippen LogP) is 3.48. The fraction of sp³-hybridized carbons (Fsp3) is 0.579. The molecule has 0 saturated carbocycles. The third-order valence-electron chi connectivity index (χ3n) is 4.85. The van der Waals surface area contributed by atoms with Gasteiger partial charge in [-0.2, -0.15) is 5.26 Å². The van der Waals surface area contributed by atoms with E-state index in [0.717, 1.165) is 25.7 Å². The molecule has 25 heavy (non-hydrogen) atoms. The number of amides is 2. The molecular weight excluding hydrogens is 321 g/mol. The van der Waals surface area contributed by atoms with Gasteiger partial charge in [0.2, 0.25) is 0 Å². The zero-order chi connectivity index (χ0) is 18.2. The van der Waals surface area contributed by atoms with Crippen molar-refractivity contribution in [3.63, 3.8) is 0 Å². The lowest BCUT2D eigenvalue weighted by Gasteiger charge is -2.34. The van der Waals surface area contributed by atoms with Crippen LogP contribution in [0.5, 0.6) is 0 Å². The smallest absolute Gasteiger partial charge is 0.315 e. The molecule has 5 nitrogen and oxygen atoms in total. The first kappa shape index (κ1) is 19.2. The summed E-state index contributed by atoms with van der Waals surface area (Å²) in [6, 6.07) is 5.89. The van der Waals surface area contributed by atoms with Crippen molar-refractivity contribution in [1.82, 2.24) is 10.6 Å². The van der Waals surface area contributed by atoms with Crippen LogP contribution < -0.4 is 10.6 Å². The number of halogens is 1. The quantitative estimate of drug-likeness (QED) is 0.827. The first-order chi connectivity index (χ1) is 12.1. The molecule has 0 aliphatic carbocycles. The van der Waals surface area contributed by atoms with Crippen LogP contribution in [0, 0.1) is 23.1 Å². The second-order valence-electron chi connectivity index (χ2n) is 6.45. The van der Waals surface area contributed by atoms with E-state index >= 15 is 0 Å². The Kier molecular flexibility index (Phi) is 7.20. The van der Waals surface area contributed by atoms with Crippen molar-refractivity contribution in [3.05, 3.63) is 35.1 Å². The van der Waals surface area contributed by atoms with Gasteiger partial charge >= 0.3 is 6.03 Å². The Morgan fingerprint density at radius 2 is 2.20 bits per heavy atom. The van der Waals surface area contributed by atoms with Crippen molar-refractivity contribution in [1.29, 1.82) is 5.26 Å². The molecule has 0 bridgehead atoms. The summed E-state index contributed by atoms with van der Waals surface area (Å²) >= 11 is 0. The van der Waals surface area contributed by atoms with Gasteiger partial charge in [-0.25, -0.2) is 9.18 Å². The minimum atomic E-state index is -0.487. The number of nitrogens with zero attached hydrogens (tertiary/aromatic N) is 1. The highest BCUT2D eigenvalue weighted by Crippen LogP contribution is 2.25. The Morgan fingerprint density at radius 3 is 2.84 bits per heavy atom. The Hall–Kier alpha value is -2.13. The molecule has 0 unspecified atom stereocenters. The number of urea groups is 1. The van der Waals surface area contributed by atoms with Crippen molar-refractivity contribution in [2.75, 3.05) is 6.61 Å². The molecule has 1 saturated heterocycles. The van der Waals surface area contributed by atoms with E-state index in [2.05, 4.69) is 24.5 Å². The van der Waals surface area contributed by atoms with E-state index < -0.39 is 5.82 Å². The van der Waals surface area contributed by atoms with Crippen LogP contribution >= 0.6 is 0 Å². The van der Waals surface area contributed by atoms with Crippen LogP contribution in [0.1, 0.15) is 50.7 Å². The number of hydrogen-bond acceptors (Lipinski definition) is 3. The Morgan fingerprint density at radius 1 is 1.44 bits per heavy atom. The predicted molar refractivity (Wildman–Crippen MR) is 93.3 cm³/mol. The number of benzene rings is 1. The number of carbonyl (C=O) groups is 1. The van der Waals surface area contributed by atoms with E-state index in [1.807, 2.05) is 6.07 Å². The van der Waals surface area contributed by atoms with Gasteiger partial charge in [0.15, 0.2) is 0 Å². The standard InChI is InChI=1S/C19H26FN3O2/c1-3-14(4-2)18-10-16(7-8-25-18)23-19(24)22-12-15-6-5-13(11-21)9-17(15)20/h5-6,9,14,16,18H,3-4,7-8,10,12H2,1-2H3,(H2,22,23,24)/t16-,18-/m1/s1. The first-order valence-electron chi connectivity index (χ1n) is 8.91. The minimum Gasteiger partial charge on any atom is -0.378 e. The number of nitriles is 1. The molecule has 2 rings (SSSR count). The van der Waals surface area contributed by atoms with E-state index in [4.69, 9.17) is 10.00 Å². The molecule has 136 valence electrons. The van der Waals surface area contributed by atoms with Crippen LogP contribution in [0.25, 0.3) is 0 Å². The lowest BCUT2D eigenvalue weighted by Crippen LogP contribution is -2.47. The van der Waals surface area contributed by atoms with Gasteiger partial charge < -0.3 is 15.4 Å². The Bertz CT molecular complexity index is 626. The molecule has 2 N–H and O–H groups in total. The summed E-state index contributed by atoms with van der Waals surface area (Å²) < 4.78 is 19.7. The normalized spacial score (nSPS) is 20.1. The highest BCUT2D eigenvalue weighted by Gasteiger charge is 2.28.